The number of nitro benzene ring substituents is 1. The Hall–Kier alpha value is -5.68. The van der Waals surface area contributed by atoms with Gasteiger partial charge in [-0.3, -0.25) is 10.1 Å². The van der Waals surface area contributed by atoms with E-state index in [1.807, 2.05) is 72.8 Å². The molecule has 0 amide bonds. The molecule has 0 aliphatic rings. The Morgan fingerprint density at radius 1 is 0.654 bits per heavy atom. The first-order chi connectivity index (χ1) is 24.7. The quantitative estimate of drug-likeness (QED) is 0.0483. The summed E-state index contributed by atoms with van der Waals surface area (Å²) < 4.78 is 37.2. The molecule has 0 aromatic heterocycles. The maximum atomic E-state index is 13.5. The number of carbonyl (C=O) groups excluding carboxylic acids is 2. The van der Waals surface area contributed by atoms with Crippen LogP contribution in [0.3, 0.4) is 0 Å². The first kappa shape index (κ1) is 37.6. The van der Waals surface area contributed by atoms with Crippen molar-refractivity contribution >= 4 is 28.5 Å². The highest BCUT2D eigenvalue weighted by Crippen LogP contribution is 2.39. The maximum absolute atomic E-state index is 13.5. The Morgan fingerprint density at radius 2 is 1.06 bits per heavy atom. The second kappa shape index (κ2) is 16.1. The van der Waals surface area contributed by atoms with Crippen molar-refractivity contribution in [3.05, 3.63) is 154 Å². The van der Waals surface area contributed by atoms with Crippen LogP contribution in [0.1, 0.15) is 44.4 Å². The third kappa shape index (κ3) is 9.35. The van der Waals surface area contributed by atoms with Gasteiger partial charge in [-0.15, -0.1) is 0 Å². The molecule has 52 heavy (non-hydrogen) atoms. The summed E-state index contributed by atoms with van der Waals surface area (Å²) in [5.74, 6) is -0.986. The van der Waals surface area contributed by atoms with Gasteiger partial charge < -0.3 is 18.9 Å². The Labute approximate surface area is 304 Å². The van der Waals surface area contributed by atoms with Crippen LogP contribution in [0.15, 0.2) is 136 Å². The van der Waals surface area contributed by atoms with Gasteiger partial charge in [0.1, 0.15) is 28.5 Å². The van der Waals surface area contributed by atoms with E-state index in [1.165, 1.54) is 24.3 Å². The normalized spacial score (nSPS) is 11.5. The molecule has 0 saturated heterocycles. The molecule has 5 rings (SSSR count). The second-order valence-electron chi connectivity index (χ2n) is 12.8. The molecule has 0 radical (unpaired) electrons. The van der Waals surface area contributed by atoms with Crippen molar-refractivity contribution in [2.24, 2.45) is 0 Å². The van der Waals surface area contributed by atoms with Gasteiger partial charge in [-0.25, -0.2) is 14.0 Å². The molecule has 0 spiro atoms. The van der Waals surface area contributed by atoms with Gasteiger partial charge in [-0.05, 0) is 94.3 Å². The lowest BCUT2D eigenvalue weighted by Gasteiger charge is -2.26. The molecule has 0 N–H and O–H groups in total. The zero-order valence-corrected chi connectivity index (χ0v) is 30.3. The third-order valence-corrected chi connectivity index (χ3v) is 10.4. The topological polar surface area (TPSA) is 114 Å². The van der Waals surface area contributed by atoms with Gasteiger partial charge in [0.15, 0.2) is 27.9 Å². The summed E-state index contributed by atoms with van der Waals surface area (Å²) in [6, 6.07) is 35.1. The number of carbonyl (C=O) groups is 2. The number of benzene rings is 5. The summed E-state index contributed by atoms with van der Waals surface area (Å²) in [4.78, 5) is 39.7. The molecule has 5 aromatic carbocycles. The number of nitrogens with zero attached hydrogens (tertiary/aromatic N) is 1. The van der Waals surface area contributed by atoms with Crippen molar-refractivity contribution in [1.82, 2.24) is 0 Å². The molecule has 0 aliphatic carbocycles. The van der Waals surface area contributed by atoms with Gasteiger partial charge in [0.25, 0.3) is 5.69 Å². The number of non-ortho nitro benzene ring substituents is 1. The first-order valence-electron chi connectivity index (χ1n) is 16.4. The summed E-state index contributed by atoms with van der Waals surface area (Å²) >= 11 is 0. The molecule has 0 unspecified atom stereocenters. The van der Waals surface area contributed by atoms with Crippen LogP contribution >= 0.6 is 0 Å². The zero-order chi connectivity index (χ0) is 37.5. The third-order valence-electron chi connectivity index (χ3n) is 8.22. The number of esters is 2. The molecular formula is C41H39FNO8S+. The number of ether oxygens (including phenoxy) is 4. The molecule has 0 aliphatic heterocycles. The van der Waals surface area contributed by atoms with Crippen molar-refractivity contribution < 1.29 is 37.9 Å². The van der Waals surface area contributed by atoms with Crippen LogP contribution in [0, 0.1) is 22.9 Å². The Kier molecular flexibility index (Phi) is 11.6. The summed E-state index contributed by atoms with van der Waals surface area (Å²) in [5.41, 5.74) is -0.483. The fourth-order valence-corrected chi connectivity index (χ4v) is 7.56. The molecule has 0 saturated carbocycles. The van der Waals surface area contributed by atoms with Crippen molar-refractivity contribution in [1.29, 1.82) is 0 Å². The summed E-state index contributed by atoms with van der Waals surface area (Å²) in [7, 11) is -0.632. The monoisotopic (exact) mass is 724 g/mol. The Balaban J connectivity index is 1.41. The van der Waals surface area contributed by atoms with E-state index < -0.39 is 58.0 Å². The van der Waals surface area contributed by atoms with E-state index in [4.69, 9.17) is 18.9 Å². The second-order valence-corrected chi connectivity index (χ2v) is 14.9. The Bertz CT molecular complexity index is 1980. The van der Waals surface area contributed by atoms with E-state index in [-0.39, 0.29) is 5.69 Å². The fraction of sp³-hybridized carbons (Fsp3) is 0.220. The van der Waals surface area contributed by atoms with Crippen LogP contribution in [0.2, 0.25) is 0 Å². The molecule has 11 heteroatoms. The summed E-state index contributed by atoms with van der Waals surface area (Å²) in [5, 5.41) is 11.1. The highest BCUT2D eigenvalue weighted by atomic mass is 32.2. The SMILES string of the molecule is Cc1c(OCC(=O)OC(C)(C)c2ccc(F)cc2)cc([S+](c2ccccc2)c2ccccc2)cc1OCC(=O)OC(C)(C)c1ccc([N+](=O)[O-])cc1. The van der Waals surface area contributed by atoms with Gasteiger partial charge in [0, 0.05) is 29.8 Å². The van der Waals surface area contributed by atoms with Crippen LogP contribution in [0.25, 0.3) is 0 Å². The lowest BCUT2D eigenvalue weighted by molar-refractivity contribution is -0.384. The molecule has 5 aromatic rings. The van der Waals surface area contributed by atoms with Gasteiger partial charge in [0.2, 0.25) is 0 Å². The minimum atomic E-state index is -1.10. The van der Waals surface area contributed by atoms with Crippen LogP contribution < -0.4 is 9.47 Å². The molecule has 268 valence electrons. The number of hydrogen-bond acceptors (Lipinski definition) is 8. The average molecular weight is 725 g/mol. The molecule has 0 heterocycles. The standard InChI is InChI=1S/C41H39FNO8S/c1-28-36(48-26-38(44)50-40(2,3)29-16-20-31(42)21-17-29)24-35(52(33-12-8-6-9-13-33)34-14-10-7-11-15-34)25-37(28)49-27-39(45)51-41(4,5)30-18-22-32(23-19-30)43(46)47/h6-25H,26-27H2,1-5H3/q+1. The molecule has 0 bridgehead atoms. The van der Waals surface area contributed by atoms with E-state index in [2.05, 4.69) is 0 Å². The number of nitro groups is 1. The van der Waals surface area contributed by atoms with Crippen LogP contribution in [-0.2, 0) is 41.2 Å². The number of halogens is 1. The summed E-state index contributed by atoms with van der Waals surface area (Å²) in [6.07, 6.45) is 0. The van der Waals surface area contributed by atoms with Gasteiger partial charge in [-0.2, -0.15) is 0 Å². The predicted molar refractivity (Wildman–Crippen MR) is 195 cm³/mol. The van der Waals surface area contributed by atoms with E-state index >= 15 is 0 Å². The van der Waals surface area contributed by atoms with Crippen LogP contribution in [0.5, 0.6) is 11.5 Å². The highest BCUT2D eigenvalue weighted by Gasteiger charge is 2.32. The van der Waals surface area contributed by atoms with Gasteiger partial charge in [0.05, 0.1) is 15.8 Å². The molecule has 0 atom stereocenters. The van der Waals surface area contributed by atoms with Crippen molar-refractivity contribution in [3.63, 3.8) is 0 Å². The van der Waals surface area contributed by atoms with Gasteiger partial charge in [-0.1, -0.05) is 48.5 Å². The fourth-order valence-electron chi connectivity index (χ4n) is 5.43. The average Bonchev–Trinajstić information content (AvgIpc) is 3.12. The lowest BCUT2D eigenvalue weighted by Crippen LogP contribution is -2.29. The minimum Gasteiger partial charge on any atom is -0.481 e. The first-order valence-corrected chi connectivity index (χ1v) is 17.7. The van der Waals surface area contributed by atoms with Crippen molar-refractivity contribution in [3.8, 4) is 11.5 Å². The van der Waals surface area contributed by atoms with E-state index in [0.717, 1.165) is 14.7 Å². The maximum Gasteiger partial charge on any atom is 0.345 e. The van der Waals surface area contributed by atoms with E-state index in [1.54, 1.807) is 58.9 Å². The van der Waals surface area contributed by atoms with Crippen LogP contribution in [0.4, 0.5) is 10.1 Å². The van der Waals surface area contributed by atoms with Crippen molar-refractivity contribution in [2.75, 3.05) is 13.2 Å². The largest absolute Gasteiger partial charge is 0.481 e. The zero-order valence-electron chi connectivity index (χ0n) is 29.5. The summed E-state index contributed by atoms with van der Waals surface area (Å²) in [6.45, 7) is 7.69. The van der Waals surface area contributed by atoms with E-state index in [0.29, 0.717) is 28.2 Å². The van der Waals surface area contributed by atoms with Gasteiger partial charge >= 0.3 is 11.9 Å². The predicted octanol–water partition coefficient (Wildman–Crippen LogP) is 8.85. The number of rotatable bonds is 14. The van der Waals surface area contributed by atoms with Crippen molar-refractivity contribution in [2.45, 2.75) is 60.5 Å². The molecular weight excluding hydrogens is 686 g/mol. The number of hydrogen-bond donors (Lipinski definition) is 0. The smallest absolute Gasteiger partial charge is 0.345 e. The Morgan fingerprint density at radius 3 is 1.46 bits per heavy atom. The highest BCUT2D eigenvalue weighted by molar-refractivity contribution is 7.97. The lowest BCUT2D eigenvalue weighted by atomic mass is 9.98. The van der Waals surface area contributed by atoms with Crippen LogP contribution in [-0.4, -0.2) is 30.1 Å². The minimum absolute atomic E-state index is 0.0718. The molecule has 0 fully saturated rings. The van der Waals surface area contributed by atoms with E-state index in [9.17, 15) is 24.1 Å². The molecule has 9 nitrogen and oxygen atoms in total.